The Bertz CT molecular complexity index is 527. The Labute approximate surface area is 112 Å². The van der Waals surface area contributed by atoms with Crippen LogP contribution in [0.3, 0.4) is 0 Å². The van der Waals surface area contributed by atoms with Crippen LogP contribution in [0, 0.1) is 0 Å². The number of nitrogens with one attached hydrogen (secondary N) is 1. The smallest absolute Gasteiger partial charge is 0.0946 e. The molecule has 0 saturated carbocycles. The van der Waals surface area contributed by atoms with Gasteiger partial charge in [-0.25, -0.2) is 4.98 Å². The molecule has 3 rings (SSSR count). The lowest BCUT2D eigenvalue weighted by Crippen LogP contribution is -2.15. The molecule has 102 valence electrons. The average molecular weight is 261 g/mol. The number of nitrogens with zero attached hydrogens (tertiary/aromatic N) is 4. The molecule has 1 aliphatic rings. The maximum absolute atomic E-state index is 5.61. The van der Waals surface area contributed by atoms with E-state index in [2.05, 4.69) is 15.4 Å². The van der Waals surface area contributed by atoms with Gasteiger partial charge in [-0.3, -0.25) is 4.68 Å². The highest BCUT2D eigenvalue weighted by Gasteiger charge is 2.16. The fourth-order valence-corrected chi connectivity index (χ4v) is 2.30. The number of imidazole rings is 1. The Balaban J connectivity index is 1.54. The summed E-state index contributed by atoms with van der Waals surface area (Å²) in [5.74, 6) is 0. The fourth-order valence-electron chi connectivity index (χ4n) is 2.30. The molecule has 19 heavy (non-hydrogen) atoms. The Morgan fingerprint density at radius 2 is 2.42 bits per heavy atom. The van der Waals surface area contributed by atoms with E-state index in [4.69, 9.17) is 4.74 Å². The molecular weight excluding hydrogens is 242 g/mol. The highest BCUT2D eigenvalue weighted by molar-refractivity contribution is 5.38. The molecule has 1 atom stereocenters. The third-order valence-corrected chi connectivity index (χ3v) is 3.44. The molecule has 2 aromatic rings. The van der Waals surface area contributed by atoms with Crippen molar-refractivity contribution in [3.05, 3.63) is 30.6 Å². The van der Waals surface area contributed by atoms with Crippen LogP contribution in [0.25, 0.3) is 0 Å². The number of hydrogen-bond acceptors (Lipinski definition) is 4. The van der Waals surface area contributed by atoms with Crippen molar-refractivity contribution in [1.29, 1.82) is 0 Å². The van der Waals surface area contributed by atoms with Gasteiger partial charge in [0.15, 0.2) is 0 Å². The molecule has 3 heterocycles. The van der Waals surface area contributed by atoms with Crippen molar-refractivity contribution in [3.8, 4) is 0 Å². The Morgan fingerprint density at radius 1 is 1.47 bits per heavy atom. The molecule has 1 saturated heterocycles. The summed E-state index contributed by atoms with van der Waals surface area (Å²) in [5, 5.41) is 7.70. The zero-order valence-electron chi connectivity index (χ0n) is 11.1. The van der Waals surface area contributed by atoms with E-state index in [9.17, 15) is 0 Å². The van der Waals surface area contributed by atoms with Gasteiger partial charge in [0.05, 0.1) is 43.1 Å². The number of aromatic nitrogens is 4. The molecule has 0 bridgehead atoms. The Kier molecular flexibility index (Phi) is 3.50. The van der Waals surface area contributed by atoms with Crippen molar-refractivity contribution in [2.75, 3.05) is 11.9 Å². The van der Waals surface area contributed by atoms with Gasteiger partial charge in [0, 0.05) is 26.0 Å². The minimum Gasteiger partial charge on any atom is -0.377 e. The second-order valence-electron chi connectivity index (χ2n) is 4.94. The summed E-state index contributed by atoms with van der Waals surface area (Å²) >= 11 is 0. The number of aryl methyl sites for hydroxylation is 1. The van der Waals surface area contributed by atoms with E-state index in [1.165, 1.54) is 0 Å². The maximum atomic E-state index is 5.61. The molecule has 0 spiro atoms. The maximum Gasteiger partial charge on any atom is 0.0946 e. The third-order valence-electron chi connectivity index (χ3n) is 3.44. The van der Waals surface area contributed by atoms with Crippen LogP contribution >= 0.6 is 0 Å². The summed E-state index contributed by atoms with van der Waals surface area (Å²) in [7, 11) is 1.99. The molecule has 1 N–H and O–H groups in total. The summed E-state index contributed by atoms with van der Waals surface area (Å²) in [6.45, 7) is 2.48. The lowest BCUT2D eigenvalue weighted by molar-refractivity contribution is 0.0940. The minimum absolute atomic E-state index is 0.324. The van der Waals surface area contributed by atoms with Crippen LogP contribution in [-0.4, -0.2) is 32.0 Å². The van der Waals surface area contributed by atoms with Crippen LogP contribution in [0.15, 0.2) is 24.9 Å². The van der Waals surface area contributed by atoms with Gasteiger partial charge in [-0.1, -0.05) is 0 Å². The van der Waals surface area contributed by atoms with E-state index in [1.54, 1.807) is 6.33 Å². The summed E-state index contributed by atoms with van der Waals surface area (Å²) in [5.41, 5.74) is 2.17. The zero-order valence-corrected chi connectivity index (χ0v) is 11.1. The first-order valence-electron chi connectivity index (χ1n) is 6.64. The molecule has 6 nitrogen and oxygen atoms in total. The van der Waals surface area contributed by atoms with Gasteiger partial charge in [0.2, 0.25) is 0 Å². The second-order valence-corrected chi connectivity index (χ2v) is 4.94. The Hall–Kier alpha value is -1.82. The van der Waals surface area contributed by atoms with Crippen molar-refractivity contribution >= 4 is 5.69 Å². The van der Waals surface area contributed by atoms with E-state index < -0.39 is 0 Å². The Morgan fingerprint density at radius 3 is 3.16 bits per heavy atom. The molecule has 6 heteroatoms. The van der Waals surface area contributed by atoms with Crippen molar-refractivity contribution in [3.63, 3.8) is 0 Å². The lowest BCUT2D eigenvalue weighted by Gasteiger charge is -2.08. The number of rotatable bonds is 5. The first kappa shape index (κ1) is 12.2. The monoisotopic (exact) mass is 261 g/mol. The second kappa shape index (κ2) is 5.44. The van der Waals surface area contributed by atoms with E-state index in [0.717, 1.165) is 43.9 Å². The molecule has 0 amide bonds. The van der Waals surface area contributed by atoms with Crippen LogP contribution in [0.5, 0.6) is 0 Å². The average Bonchev–Trinajstić information content (AvgIpc) is 3.10. The normalized spacial score (nSPS) is 18.9. The topological polar surface area (TPSA) is 56.9 Å². The number of hydrogen-bond donors (Lipinski definition) is 1. The molecule has 1 unspecified atom stereocenters. The minimum atomic E-state index is 0.324. The van der Waals surface area contributed by atoms with Gasteiger partial charge < -0.3 is 14.6 Å². The van der Waals surface area contributed by atoms with Gasteiger partial charge in [-0.05, 0) is 12.8 Å². The van der Waals surface area contributed by atoms with Gasteiger partial charge in [0.25, 0.3) is 0 Å². The molecule has 1 aliphatic heterocycles. The van der Waals surface area contributed by atoms with Crippen LogP contribution in [0.1, 0.15) is 18.5 Å². The van der Waals surface area contributed by atoms with Crippen LogP contribution in [-0.2, 0) is 24.9 Å². The van der Waals surface area contributed by atoms with Crippen LogP contribution < -0.4 is 5.32 Å². The molecule has 0 aliphatic carbocycles. The number of anilines is 1. The van der Waals surface area contributed by atoms with Gasteiger partial charge >= 0.3 is 0 Å². The highest BCUT2D eigenvalue weighted by Crippen LogP contribution is 2.15. The van der Waals surface area contributed by atoms with E-state index >= 15 is 0 Å². The lowest BCUT2D eigenvalue weighted by atomic mass is 10.2. The van der Waals surface area contributed by atoms with Crippen LogP contribution in [0.2, 0.25) is 0 Å². The molecule has 1 fully saturated rings. The molecule has 0 radical (unpaired) electrons. The summed E-state index contributed by atoms with van der Waals surface area (Å²) in [6, 6.07) is 0. The van der Waals surface area contributed by atoms with Crippen molar-refractivity contribution in [2.45, 2.75) is 32.0 Å². The van der Waals surface area contributed by atoms with Crippen LogP contribution in [0.4, 0.5) is 5.69 Å². The van der Waals surface area contributed by atoms with Gasteiger partial charge in [-0.15, -0.1) is 0 Å². The SMILES string of the molecule is Cn1cncc1CNc1cnn(CC2CCCO2)c1. The van der Waals surface area contributed by atoms with E-state index in [0.29, 0.717) is 6.10 Å². The predicted molar refractivity (Wildman–Crippen MR) is 71.7 cm³/mol. The summed E-state index contributed by atoms with van der Waals surface area (Å²) < 4.78 is 9.56. The van der Waals surface area contributed by atoms with Gasteiger partial charge in [0.1, 0.15) is 0 Å². The van der Waals surface area contributed by atoms with E-state index in [-0.39, 0.29) is 0 Å². The quantitative estimate of drug-likeness (QED) is 0.884. The predicted octanol–water partition coefficient (Wildman–Crippen LogP) is 1.41. The van der Waals surface area contributed by atoms with Crippen molar-refractivity contribution < 1.29 is 4.74 Å². The third kappa shape index (κ3) is 2.96. The van der Waals surface area contributed by atoms with E-state index in [1.807, 2.05) is 34.9 Å². The van der Waals surface area contributed by atoms with Crippen molar-refractivity contribution in [2.24, 2.45) is 7.05 Å². The summed E-state index contributed by atoms with van der Waals surface area (Å²) in [6.07, 6.45) is 10.2. The molecule has 0 aromatic carbocycles. The zero-order chi connectivity index (χ0) is 13.1. The summed E-state index contributed by atoms with van der Waals surface area (Å²) in [4.78, 5) is 4.09. The number of ether oxygens (including phenoxy) is 1. The largest absolute Gasteiger partial charge is 0.377 e. The van der Waals surface area contributed by atoms with Crippen molar-refractivity contribution in [1.82, 2.24) is 19.3 Å². The first-order valence-corrected chi connectivity index (χ1v) is 6.64. The van der Waals surface area contributed by atoms with Gasteiger partial charge in [-0.2, -0.15) is 5.10 Å². The molecular formula is C13H19N5O. The first-order chi connectivity index (χ1) is 9.31. The fraction of sp³-hybridized carbons (Fsp3) is 0.538. The standard InChI is InChI=1S/C13H19N5O/c1-17-10-14-6-12(17)7-15-11-5-16-18(8-11)9-13-3-2-4-19-13/h5-6,8,10,13,15H,2-4,7,9H2,1H3. The molecule has 2 aromatic heterocycles. The highest BCUT2D eigenvalue weighted by atomic mass is 16.5.